The molecule has 0 saturated heterocycles. The van der Waals surface area contributed by atoms with Gasteiger partial charge in [-0.25, -0.2) is 0 Å². The summed E-state index contributed by atoms with van der Waals surface area (Å²) >= 11 is 0. The van der Waals surface area contributed by atoms with Crippen molar-refractivity contribution in [3.63, 3.8) is 0 Å². The van der Waals surface area contributed by atoms with Crippen LogP contribution >= 0.6 is 0 Å². The minimum absolute atomic E-state index is 0.000303. The average Bonchev–Trinajstić information content (AvgIpc) is 2.98. The van der Waals surface area contributed by atoms with E-state index in [0.717, 1.165) is 22.3 Å². The van der Waals surface area contributed by atoms with Gasteiger partial charge in [-0.05, 0) is 27.7 Å². The normalized spacial score (nSPS) is 11.4. The van der Waals surface area contributed by atoms with Gasteiger partial charge in [0.25, 0.3) is 0 Å². The molecule has 0 spiro atoms. The van der Waals surface area contributed by atoms with Gasteiger partial charge in [0.2, 0.25) is 11.8 Å². The van der Waals surface area contributed by atoms with Crippen molar-refractivity contribution >= 4 is 11.8 Å². The first-order valence-corrected chi connectivity index (χ1v) is 13.6. The molecule has 39 heavy (non-hydrogen) atoms. The Bertz CT molecular complexity index is 1120. The summed E-state index contributed by atoms with van der Waals surface area (Å²) in [5.41, 5.74) is 4.19. The van der Waals surface area contributed by atoms with Gasteiger partial charge in [0.1, 0.15) is 0 Å². The Morgan fingerprint density at radius 2 is 0.769 bits per heavy atom. The fourth-order valence-electron chi connectivity index (χ4n) is 4.85. The van der Waals surface area contributed by atoms with Gasteiger partial charge < -0.3 is 10.6 Å². The van der Waals surface area contributed by atoms with Gasteiger partial charge in [0, 0.05) is 37.8 Å². The molecule has 0 fully saturated rings. The van der Waals surface area contributed by atoms with Crippen LogP contribution in [0.5, 0.6) is 0 Å². The third-order valence-corrected chi connectivity index (χ3v) is 7.12. The number of rotatable bonds is 12. The molecule has 0 bridgehead atoms. The summed E-state index contributed by atoms with van der Waals surface area (Å²) < 4.78 is 0. The van der Waals surface area contributed by atoms with E-state index in [1.165, 1.54) is 0 Å². The van der Waals surface area contributed by atoms with Gasteiger partial charge in [-0.15, -0.1) is 0 Å². The molecule has 0 atom stereocenters. The second-order valence-corrected chi connectivity index (χ2v) is 10.9. The van der Waals surface area contributed by atoms with E-state index in [0.29, 0.717) is 25.9 Å². The van der Waals surface area contributed by atoms with Crippen molar-refractivity contribution in [3.8, 4) is 0 Å². The molecule has 4 heteroatoms. The summed E-state index contributed by atoms with van der Waals surface area (Å²) in [5, 5.41) is 6.24. The molecule has 4 aromatic carbocycles. The molecule has 4 rings (SSSR count). The molecule has 0 aliphatic carbocycles. The molecule has 0 aliphatic rings. The highest BCUT2D eigenvalue weighted by atomic mass is 16.2. The Morgan fingerprint density at radius 1 is 0.513 bits per heavy atom. The molecule has 0 radical (unpaired) electrons. The maximum Gasteiger partial charge on any atom is 0.220 e. The lowest BCUT2D eigenvalue weighted by molar-refractivity contribution is -0.121. The summed E-state index contributed by atoms with van der Waals surface area (Å²) in [5.74, 6) is -0.0214. The monoisotopic (exact) mass is 518 g/mol. The fourth-order valence-corrected chi connectivity index (χ4v) is 4.85. The fraction of sp³-hybridized carbons (Fsp3) is 0.257. The van der Waals surface area contributed by atoms with E-state index in [4.69, 9.17) is 0 Å². The van der Waals surface area contributed by atoms with Gasteiger partial charge in [-0.2, -0.15) is 0 Å². The Labute approximate surface area is 232 Å². The van der Waals surface area contributed by atoms with E-state index < -0.39 is 0 Å². The van der Waals surface area contributed by atoms with Crippen LogP contribution in [-0.2, 0) is 9.59 Å². The molecular weight excluding hydrogens is 480 g/mol. The molecule has 2 amide bonds. The lowest BCUT2D eigenvalue weighted by atomic mass is 9.87. The smallest absolute Gasteiger partial charge is 0.220 e. The molecule has 4 nitrogen and oxygen atoms in total. The van der Waals surface area contributed by atoms with E-state index >= 15 is 0 Å². The molecular formula is C35H38N2O2. The van der Waals surface area contributed by atoms with Crippen molar-refractivity contribution in [2.45, 2.75) is 38.5 Å². The summed E-state index contributed by atoms with van der Waals surface area (Å²) in [6, 6.07) is 40.6. The topological polar surface area (TPSA) is 58.2 Å². The first-order valence-electron chi connectivity index (χ1n) is 13.6. The second kappa shape index (κ2) is 13.6. The SMILES string of the molecule is CC(C)(CNC(=O)CC(c1ccccc1)c1ccccc1)CNC(=O)CC(c1ccccc1)c1ccccc1. The molecule has 2 N–H and O–H groups in total. The highest BCUT2D eigenvalue weighted by Gasteiger charge is 2.24. The average molecular weight is 519 g/mol. The zero-order chi connectivity index (χ0) is 27.5. The van der Waals surface area contributed by atoms with Crippen LogP contribution in [0.2, 0.25) is 0 Å². The van der Waals surface area contributed by atoms with Crippen LogP contribution in [0, 0.1) is 5.41 Å². The number of nitrogens with one attached hydrogen (secondary N) is 2. The van der Waals surface area contributed by atoms with Crippen molar-refractivity contribution in [2.75, 3.05) is 13.1 Å². The van der Waals surface area contributed by atoms with Gasteiger partial charge in [-0.1, -0.05) is 135 Å². The molecule has 4 aromatic rings. The van der Waals surface area contributed by atoms with E-state index in [-0.39, 0.29) is 29.1 Å². The van der Waals surface area contributed by atoms with Gasteiger partial charge in [0.15, 0.2) is 0 Å². The molecule has 0 saturated carbocycles. The van der Waals surface area contributed by atoms with Crippen LogP contribution in [0.4, 0.5) is 0 Å². The maximum absolute atomic E-state index is 13.0. The minimum Gasteiger partial charge on any atom is -0.355 e. The third-order valence-electron chi connectivity index (χ3n) is 7.12. The number of carbonyl (C=O) groups is 2. The van der Waals surface area contributed by atoms with Crippen molar-refractivity contribution < 1.29 is 9.59 Å². The summed E-state index contributed by atoms with van der Waals surface area (Å²) in [6.45, 7) is 5.07. The first-order chi connectivity index (χ1) is 18.9. The molecule has 0 unspecified atom stereocenters. The number of benzene rings is 4. The van der Waals surface area contributed by atoms with Crippen molar-refractivity contribution in [3.05, 3.63) is 144 Å². The van der Waals surface area contributed by atoms with E-state index in [2.05, 4.69) is 73.0 Å². The van der Waals surface area contributed by atoms with Crippen LogP contribution in [0.1, 0.15) is 60.8 Å². The zero-order valence-corrected chi connectivity index (χ0v) is 22.8. The molecule has 200 valence electrons. The Hall–Kier alpha value is -4.18. The van der Waals surface area contributed by atoms with E-state index in [1.807, 2.05) is 72.8 Å². The van der Waals surface area contributed by atoms with Crippen LogP contribution < -0.4 is 10.6 Å². The predicted octanol–water partition coefficient (Wildman–Crippen LogP) is 6.69. The van der Waals surface area contributed by atoms with E-state index in [9.17, 15) is 9.59 Å². The zero-order valence-electron chi connectivity index (χ0n) is 22.8. The van der Waals surface area contributed by atoms with Crippen LogP contribution in [0.15, 0.2) is 121 Å². The minimum atomic E-state index is -0.296. The highest BCUT2D eigenvalue weighted by Crippen LogP contribution is 2.29. The molecule has 0 aromatic heterocycles. The Kier molecular flexibility index (Phi) is 9.69. The van der Waals surface area contributed by atoms with Crippen molar-refractivity contribution in [2.24, 2.45) is 5.41 Å². The quantitative estimate of drug-likeness (QED) is 0.220. The lowest BCUT2D eigenvalue weighted by Gasteiger charge is -2.27. The van der Waals surface area contributed by atoms with Crippen molar-refractivity contribution in [1.82, 2.24) is 10.6 Å². The third kappa shape index (κ3) is 8.41. The molecule has 0 heterocycles. The number of amides is 2. The van der Waals surface area contributed by atoms with E-state index in [1.54, 1.807) is 0 Å². The van der Waals surface area contributed by atoms with Gasteiger partial charge in [0.05, 0.1) is 0 Å². The number of carbonyl (C=O) groups excluding carboxylic acids is 2. The van der Waals surface area contributed by atoms with Crippen LogP contribution in [0.3, 0.4) is 0 Å². The highest BCUT2D eigenvalue weighted by molar-refractivity contribution is 5.78. The second-order valence-electron chi connectivity index (χ2n) is 10.9. The molecule has 0 aliphatic heterocycles. The summed E-state index contributed by atoms with van der Waals surface area (Å²) in [4.78, 5) is 26.1. The maximum atomic E-state index is 13.0. The Morgan fingerprint density at radius 3 is 1.03 bits per heavy atom. The van der Waals surface area contributed by atoms with Gasteiger partial charge >= 0.3 is 0 Å². The van der Waals surface area contributed by atoms with Crippen molar-refractivity contribution in [1.29, 1.82) is 0 Å². The largest absolute Gasteiger partial charge is 0.355 e. The standard InChI is InChI=1S/C35H38N2O2/c1-35(2,25-36-33(38)23-31(27-15-7-3-8-16-27)28-17-9-4-10-18-28)26-37-34(39)24-32(29-19-11-5-12-20-29)30-21-13-6-14-22-30/h3-22,31-32H,23-26H2,1-2H3,(H,36,38)(H,37,39). The Balaban J connectivity index is 1.32. The summed E-state index contributed by atoms with van der Waals surface area (Å²) in [7, 11) is 0. The number of hydrogen-bond acceptors (Lipinski definition) is 2. The van der Waals surface area contributed by atoms with Gasteiger partial charge in [-0.3, -0.25) is 9.59 Å². The predicted molar refractivity (Wildman–Crippen MR) is 158 cm³/mol. The summed E-state index contributed by atoms with van der Waals surface area (Å²) in [6.07, 6.45) is 0.735. The van der Waals surface area contributed by atoms with Crippen LogP contribution in [0.25, 0.3) is 0 Å². The first kappa shape index (κ1) is 27.8. The van der Waals surface area contributed by atoms with Crippen LogP contribution in [-0.4, -0.2) is 24.9 Å². The lowest BCUT2D eigenvalue weighted by Crippen LogP contribution is -2.42. The number of hydrogen-bond donors (Lipinski definition) is 2.